The monoisotopic (exact) mass is 286 g/mol. The Morgan fingerprint density at radius 2 is 1.90 bits per heavy atom. The molecule has 4 heteroatoms. The summed E-state index contributed by atoms with van der Waals surface area (Å²) in [4.78, 5) is 12.1. The quantitative estimate of drug-likeness (QED) is 0.428. The van der Waals surface area contributed by atoms with E-state index in [4.69, 9.17) is 4.74 Å². The first-order valence-corrected chi connectivity index (χ1v) is 7.97. The second kappa shape index (κ2) is 11.1. The topological polar surface area (TPSA) is 52.6 Å². The molecule has 0 rings (SSSR count). The number of nitrogens with zero attached hydrogens (tertiary/aromatic N) is 1. The predicted octanol–water partition coefficient (Wildman–Crippen LogP) is 3.84. The van der Waals surface area contributed by atoms with E-state index in [0.717, 1.165) is 17.9 Å². The molecule has 2 atom stereocenters. The van der Waals surface area contributed by atoms with E-state index in [0.29, 0.717) is 25.5 Å². The smallest absolute Gasteiger partial charge is 0.309 e. The lowest BCUT2D eigenvalue weighted by molar-refractivity contribution is -0.152. The maximum absolute atomic E-state index is 12.1. The SMILES string of the molecule is CCCCC(CC)COC(=O)C(CCN(C)[O-])C(C)C. The first-order valence-electron chi connectivity index (χ1n) is 7.97. The minimum absolute atomic E-state index is 0.142. The Labute approximate surface area is 124 Å². The number of carbonyl (C=O) groups is 1. The minimum atomic E-state index is -0.171. The first kappa shape index (κ1) is 19.4. The largest absolute Gasteiger partial charge is 0.785 e. The number of hydrogen-bond acceptors (Lipinski definition) is 4. The van der Waals surface area contributed by atoms with Gasteiger partial charge in [-0.15, -0.1) is 0 Å². The number of carbonyl (C=O) groups excluding carboxylic acids is 1. The van der Waals surface area contributed by atoms with Crippen molar-refractivity contribution in [2.24, 2.45) is 17.8 Å². The van der Waals surface area contributed by atoms with Gasteiger partial charge >= 0.3 is 5.97 Å². The molecule has 0 heterocycles. The van der Waals surface area contributed by atoms with Crippen LogP contribution in [0.25, 0.3) is 0 Å². The van der Waals surface area contributed by atoms with Crippen molar-refractivity contribution in [2.75, 3.05) is 20.2 Å². The van der Waals surface area contributed by atoms with Crippen LogP contribution in [0.2, 0.25) is 0 Å². The van der Waals surface area contributed by atoms with Gasteiger partial charge in [-0.3, -0.25) is 4.79 Å². The molecule has 0 saturated heterocycles. The predicted molar refractivity (Wildman–Crippen MR) is 83.2 cm³/mol. The fraction of sp³-hybridized carbons (Fsp3) is 0.938. The second-order valence-corrected chi connectivity index (χ2v) is 6.04. The number of esters is 1. The molecular formula is C16H32NO3-. The average Bonchev–Trinajstić information content (AvgIpc) is 2.38. The molecular weight excluding hydrogens is 254 g/mol. The van der Waals surface area contributed by atoms with Crippen LogP contribution in [0.5, 0.6) is 0 Å². The Balaban J connectivity index is 4.23. The number of unbranched alkanes of at least 4 members (excludes halogenated alkanes) is 1. The zero-order valence-electron chi connectivity index (χ0n) is 13.9. The van der Waals surface area contributed by atoms with Crippen molar-refractivity contribution in [2.45, 2.75) is 59.8 Å². The van der Waals surface area contributed by atoms with E-state index in [2.05, 4.69) is 13.8 Å². The third-order valence-corrected chi connectivity index (χ3v) is 3.87. The molecule has 0 saturated carbocycles. The third-order valence-electron chi connectivity index (χ3n) is 3.87. The van der Waals surface area contributed by atoms with Gasteiger partial charge in [0.25, 0.3) is 0 Å². The van der Waals surface area contributed by atoms with Crippen molar-refractivity contribution in [1.82, 2.24) is 5.06 Å². The lowest BCUT2D eigenvalue weighted by Crippen LogP contribution is -2.28. The van der Waals surface area contributed by atoms with Crippen LogP contribution < -0.4 is 0 Å². The van der Waals surface area contributed by atoms with Crippen LogP contribution in [0.4, 0.5) is 0 Å². The molecule has 0 aliphatic rings. The number of hydroxylamine groups is 2. The summed E-state index contributed by atoms with van der Waals surface area (Å²) < 4.78 is 5.49. The lowest BCUT2D eigenvalue weighted by Gasteiger charge is -2.26. The Hall–Kier alpha value is -0.610. The molecule has 4 nitrogen and oxygen atoms in total. The highest BCUT2D eigenvalue weighted by molar-refractivity contribution is 5.72. The molecule has 0 fully saturated rings. The molecule has 20 heavy (non-hydrogen) atoms. The maximum atomic E-state index is 12.1. The summed E-state index contributed by atoms with van der Waals surface area (Å²) in [5.74, 6) is 0.360. The zero-order valence-corrected chi connectivity index (χ0v) is 13.9. The van der Waals surface area contributed by atoms with Gasteiger partial charge in [-0.25, -0.2) is 0 Å². The number of rotatable bonds is 11. The second-order valence-electron chi connectivity index (χ2n) is 6.04. The summed E-state index contributed by atoms with van der Waals surface area (Å²) in [5.41, 5.74) is 0. The van der Waals surface area contributed by atoms with Gasteiger partial charge < -0.3 is 15.0 Å². The average molecular weight is 286 g/mol. The Kier molecular flexibility index (Phi) is 10.8. The van der Waals surface area contributed by atoms with Gasteiger partial charge in [-0.2, -0.15) is 0 Å². The summed E-state index contributed by atoms with van der Waals surface area (Å²) in [6.45, 7) is 9.22. The highest BCUT2D eigenvalue weighted by Crippen LogP contribution is 2.19. The minimum Gasteiger partial charge on any atom is -0.785 e. The van der Waals surface area contributed by atoms with Crippen LogP contribution in [-0.4, -0.2) is 31.2 Å². The van der Waals surface area contributed by atoms with Gasteiger partial charge in [0.15, 0.2) is 0 Å². The molecule has 120 valence electrons. The van der Waals surface area contributed by atoms with E-state index in [-0.39, 0.29) is 17.8 Å². The van der Waals surface area contributed by atoms with Gasteiger partial charge in [0, 0.05) is 0 Å². The molecule has 2 unspecified atom stereocenters. The van der Waals surface area contributed by atoms with E-state index < -0.39 is 0 Å². The summed E-state index contributed by atoms with van der Waals surface area (Å²) in [6, 6.07) is 0. The fourth-order valence-electron chi connectivity index (χ4n) is 2.25. The molecule has 0 amide bonds. The highest BCUT2D eigenvalue weighted by atomic mass is 16.5. The van der Waals surface area contributed by atoms with E-state index >= 15 is 0 Å². The van der Waals surface area contributed by atoms with Gasteiger partial charge in [0.2, 0.25) is 0 Å². The molecule has 0 aromatic rings. The highest BCUT2D eigenvalue weighted by Gasteiger charge is 2.24. The van der Waals surface area contributed by atoms with Crippen molar-refractivity contribution in [3.05, 3.63) is 5.21 Å². The zero-order chi connectivity index (χ0) is 15.5. The Bertz CT molecular complexity index is 254. The van der Waals surface area contributed by atoms with Crippen molar-refractivity contribution >= 4 is 5.97 Å². The Morgan fingerprint density at radius 3 is 2.35 bits per heavy atom. The third kappa shape index (κ3) is 8.54. The normalized spacial score (nSPS) is 14.6. The first-order chi connectivity index (χ1) is 9.42. The van der Waals surface area contributed by atoms with Gasteiger partial charge in [0.05, 0.1) is 12.5 Å². The summed E-state index contributed by atoms with van der Waals surface area (Å²) >= 11 is 0. The van der Waals surface area contributed by atoms with Crippen LogP contribution >= 0.6 is 0 Å². The molecule has 0 bridgehead atoms. The van der Waals surface area contributed by atoms with Crippen LogP contribution in [0.1, 0.15) is 59.8 Å². The Morgan fingerprint density at radius 1 is 1.25 bits per heavy atom. The van der Waals surface area contributed by atoms with Crippen molar-refractivity contribution < 1.29 is 9.53 Å². The van der Waals surface area contributed by atoms with E-state index in [1.807, 2.05) is 13.8 Å². The number of ether oxygens (including phenoxy) is 1. The van der Waals surface area contributed by atoms with Gasteiger partial charge in [-0.05, 0) is 38.3 Å². The van der Waals surface area contributed by atoms with E-state index in [9.17, 15) is 10.0 Å². The van der Waals surface area contributed by atoms with Crippen LogP contribution in [0, 0.1) is 23.0 Å². The molecule has 0 aliphatic carbocycles. The standard InChI is InChI=1S/C16H32NO3/c1-6-8-9-14(7-2)12-20-16(18)15(13(3)4)10-11-17(5)19/h13-15H,6-12H2,1-5H3/q-1. The summed E-state index contributed by atoms with van der Waals surface area (Å²) in [5, 5.41) is 11.9. The van der Waals surface area contributed by atoms with E-state index in [1.54, 1.807) is 0 Å². The molecule has 0 aromatic heterocycles. The van der Waals surface area contributed by atoms with Gasteiger partial charge in [0.1, 0.15) is 0 Å². The summed E-state index contributed by atoms with van der Waals surface area (Å²) in [7, 11) is 1.49. The van der Waals surface area contributed by atoms with Crippen LogP contribution in [-0.2, 0) is 9.53 Å². The maximum Gasteiger partial charge on any atom is 0.309 e. The van der Waals surface area contributed by atoms with Crippen LogP contribution in [0.15, 0.2) is 0 Å². The summed E-state index contributed by atoms with van der Waals surface area (Å²) in [6.07, 6.45) is 5.10. The van der Waals surface area contributed by atoms with Crippen molar-refractivity contribution in [3.8, 4) is 0 Å². The molecule has 0 N–H and O–H groups in total. The number of hydrogen-bond donors (Lipinski definition) is 0. The molecule has 0 spiro atoms. The van der Waals surface area contributed by atoms with E-state index in [1.165, 1.54) is 19.9 Å². The van der Waals surface area contributed by atoms with Crippen LogP contribution in [0.3, 0.4) is 0 Å². The fourth-order valence-corrected chi connectivity index (χ4v) is 2.25. The van der Waals surface area contributed by atoms with Crippen molar-refractivity contribution in [3.63, 3.8) is 0 Å². The molecule has 0 aliphatic heterocycles. The molecule has 0 aromatic carbocycles. The molecule has 0 radical (unpaired) electrons. The lowest BCUT2D eigenvalue weighted by atomic mass is 9.92. The van der Waals surface area contributed by atoms with Crippen molar-refractivity contribution in [1.29, 1.82) is 0 Å². The van der Waals surface area contributed by atoms with Gasteiger partial charge in [-0.1, -0.05) is 47.0 Å².